The molecule has 27 heavy (non-hydrogen) atoms. The number of fused-ring (bicyclic) bond motifs is 1. The summed E-state index contributed by atoms with van der Waals surface area (Å²) < 4.78 is 1.90. The molecule has 0 aliphatic carbocycles. The lowest BCUT2D eigenvalue weighted by atomic mass is 10.0. The predicted molar refractivity (Wildman–Crippen MR) is 109 cm³/mol. The minimum Gasteiger partial charge on any atom is -0.350 e. The van der Waals surface area contributed by atoms with Crippen molar-refractivity contribution in [3.63, 3.8) is 0 Å². The fraction of sp³-hybridized carbons (Fsp3) is 0.667. The molecular weight excluding hydrogens is 338 g/mol. The Morgan fingerprint density at radius 1 is 1.37 bits per heavy atom. The normalized spacial score (nSPS) is 18.3. The summed E-state index contributed by atoms with van der Waals surface area (Å²) in [4.78, 5) is 20.0. The van der Waals surface area contributed by atoms with Crippen molar-refractivity contribution in [1.82, 2.24) is 25.0 Å². The molecule has 1 amide bonds. The molecular formula is C21H33N5O. The van der Waals surface area contributed by atoms with Gasteiger partial charge >= 0.3 is 0 Å². The van der Waals surface area contributed by atoms with Crippen molar-refractivity contribution in [3.05, 3.63) is 23.5 Å². The fourth-order valence-electron chi connectivity index (χ4n) is 3.93. The van der Waals surface area contributed by atoms with Crippen molar-refractivity contribution in [2.75, 3.05) is 19.6 Å². The second-order valence-corrected chi connectivity index (χ2v) is 7.97. The van der Waals surface area contributed by atoms with E-state index in [2.05, 4.69) is 41.1 Å². The molecule has 0 aromatic carbocycles. The molecule has 1 aliphatic heterocycles. The smallest absolute Gasteiger partial charge is 0.253 e. The molecule has 148 valence electrons. The van der Waals surface area contributed by atoms with Gasteiger partial charge < -0.3 is 5.32 Å². The Morgan fingerprint density at radius 2 is 2.19 bits per heavy atom. The molecule has 3 heterocycles. The molecule has 1 atom stereocenters. The highest BCUT2D eigenvalue weighted by molar-refractivity contribution is 5.98. The molecule has 0 spiro atoms. The average molecular weight is 372 g/mol. The Bertz CT molecular complexity index is 782. The van der Waals surface area contributed by atoms with Gasteiger partial charge in [0.15, 0.2) is 5.65 Å². The van der Waals surface area contributed by atoms with E-state index in [4.69, 9.17) is 0 Å². The summed E-state index contributed by atoms with van der Waals surface area (Å²) in [6.07, 6.45) is 7.93. The summed E-state index contributed by atoms with van der Waals surface area (Å²) in [6, 6.07) is 2.62. The maximum absolute atomic E-state index is 12.8. The van der Waals surface area contributed by atoms with Crippen LogP contribution in [0, 0.1) is 6.92 Å². The average Bonchev–Trinajstić information content (AvgIpc) is 3.07. The quantitative estimate of drug-likeness (QED) is 0.806. The van der Waals surface area contributed by atoms with Crippen molar-refractivity contribution >= 4 is 16.9 Å². The van der Waals surface area contributed by atoms with Gasteiger partial charge in [-0.05, 0) is 59.2 Å². The largest absolute Gasteiger partial charge is 0.350 e. The molecule has 6 nitrogen and oxygen atoms in total. The molecule has 1 aliphatic rings. The van der Waals surface area contributed by atoms with Gasteiger partial charge in [-0.2, -0.15) is 5.10 Å². The van der Waals surface area contributed by atoms with Gasteiger partial charge in [0.05, 0.1) is 17.5 Å². The van der Waals surface area contributed by atoms with E-state index in [1.54, 1.807) is 6.20 Å². The molecule has 2 aromatic rings. The molecule has 0 saturated carbocycles. The summed E-state index contributed by atoms with van der Waals surface area (Å²) in [6.45, 7) is 11.3. The zero-order valence-electron chi connectivity index (χ0n) is 17.2. The van der Waals surface area contributed by atoms with Gasteiger partial charge in [0, 0.05) is 24.0 Å². The van der Waals surface area contributed by atoms with Crippen LogP contribution in [-0.4, -0.2) is 51.2 Å². The van der Waals surface area contributed by atoms with Gasteiger partial charge in [0.25, 0.3) is 5.91 Å². The number of aromatic nitrogens is 3. The highest BCUT2D eigenvalue weighted by Crippen LogP contribution is 2.20. The topological polar surface area (TPSA) is 63.1 Å². The highest BCUT2D eigenvalue weighted by Gasteiger charge is 2.23. The maximum Gasteiger partial charge on any atom is 0.253 e. The highest BCUT2D eigenvalue weighted by atomic mass is 16.1. The van der Waals surface area contributed by atoms with Gasteiger partial charge in [0.1, 0.15) is 0 Å². The number of carbonyl (C=O) groups is 1. The SMILES string of the molecule is CCCCN1CCCCC1CNC(=O)c1cc2cnn(C(C)C)c2nc1C. The molecule has 1 saturated heterocycles. The number of nitrogens with zero attached hydrogens (tertiary/aromatic N) is 4. The Labute approximate surface area is 162 Å². The third-order valence-electron chi connectivity index (χ3n) is 5.54. The molecule has 6 heteroatoms. The minimum absolute atomic E-state index is 0.0276. The minimum atomic E-state index is -0.0276. The van der Waals surface area contributed by atoms with Crippen LogP contribution in [0.5, 0.6) is 0 Å². The van der Waals surface area contributed by atoms with E-state index < -0.39 is 0 Å². The number of hydrogen-bond acceptors (Lipinski definition) is 4. The lowest BCUT2D eigenvalue weighted by Crippen LogP contribution is -2.47. The third kappa shape index (κ3) is 4.49. The number of nitrogens with one attached hydrogen (secondary N) is 1. The Morgan fingerprint density at radius 3 is 2.93 bits per heavy atom. The van der Waals surface area contributed by atoms with E-state index in [1.807, 2.05) is 17.7 Å². The third-order valence-corrected chi connectivity index (χ3v) is 5.54. The Kier molecular flexibility index (Phi) is 6.47. The van der Waals surface area contributed by atoms with E-state index in [-0.39, 0.29) is 11.9 Å². The number of piperidine rings is 1. The van der Waals surface area contributed by atoms with Crippen LogP contribution in [0.15, 0.2) is 12.3 Å². The number of amides is 1. The second kappa shape index (κ2) is 8.83. The summed E-state index contributed by atoms with van der Waals surface area (Å²) in [5, 5.41) is 8.49. The predicted octanol–water partition coefficient (Wildman–Crippen LogP) is 3.71. The first kappa shape index (κ1) is 19.8. The lowest BCUT2D eigenvalue weighted by Gasteiger charge is -2.35. The first-order valence-corrected chi connectivity index (χ1v) is 10.4. The fourth-order valence-corrected chi connectivity index (χ4v) is 3.93. The van der Waals surface area contributed by atoms with Crippen molar-refractivity contribution in [1.29, 1.82) is 0 Å². The number of unbranched alkanes of at least 4 members (excludes halogenated alkanes) is 1. The zero-order valence-corrected chi connectivity index (χ0v) is 17.2. The summed E-state index contributed by atoms with van der Waals surface area (Å²) >= 11 is 0. The van der Waals surface area contributed by atoms with Crippen molar-refractivity contribution in [2.24, 2.45) is 0 Å². The number of rotatable bonds is 7. The number of likely N-dealkylation sites (tertiary alicyclic amines) is 1. The summed E-state index contributed by atoms with van der Waals surface area (Å²) in [7, 11) is 0. The van der Waals surface area contributed by atoms with Crippen LogP contribution in [0.25, 0.3) is 11.0 Å². The van der Waals surface area contributed by atoms with E-state index in [1.165, 1.54) is 32.1 Å². The molecule has 0 radical (unpaired) electrons. The van der Waals surface area contributed by atoms with Crippen LogP contribution in [0.1, 0.15) is 75.0 Å². The van der Waals surface area contributed by atoms with Crippen LogP contribution >= 0.6 is 0 Å². The van der Waals surface area contributed by atoms with Gasteiger partial charge in [-0.15, -0.1) is 0 Å². The van der Waals surface area contributed by atoms with Crippen LogP contribution < -0.4 is 5.32 Å². The van der Waals surface area contributed by atoms with Crippen LogP contribution in [0.3, 0.4) is 0 Å². The molecule has 1 unspecified atom stereocenters. The monoisotopic (exact) mass is 371 g/mol. The maximum atomic E-state index is 12.8. The second-order valence-electron chi connectivity index (χ2n) is 7.97. The molecule has 0 bridgehead atoms. The molecule has 1 fully saturated rings. The summed E-state index contributed by atoms with van der Waals surface area (Å²) in [5.74, 6) is -0.0276. The van der Waals surface area contributed by atoms with Crippen molar-refractivity contribution < 1.29 is 4.79 Å². The first-order chi connectivity index (χ1) is 13.0. The van der Waals surface area contributed by atoms with Crippen LogP contribution in [0.2, 0.25) is 0 Å². The lowest BCUT2D eigenvalue weighted by molar-refractivity contribution is 0.0912. The number of pyridine rings is 1. The van der Waals surface area contributed by atoms with Gasteiger partial charge in [-0.3, -0.25) is 9.69 Å². The van der Waals surface area contributed by atoms with Crippen molar-refractivity contribution in [3.8, 4) is 0 Å². The number of carbonyl (C=O) groups excluding carboxylic acids is 1. The van der Waals surface area contributed by atoms with Crippen LogP contribution in [-0.2, 0) is 0 Å². The van der Waals surface area contributed by atoms with E-state index in [9.17, 15) is 4.79 Å². The Hall–Kier alpha value is -1.95. The van der Waals surface area contributed by atoms with E-state index >= 15 is 0 Å². The zero-order chi connectivity index (χ0) is 19.4. The molecule has 3 rings (SSSR count). The molecule has 1 N–H and O–H groups in total. The summed E-state index contributed by atoms with van der Waals surface area (Å²) in [5.41, 5.74) is 2.26. The van der Waals surface area contributed by atoms with Crippen LogP contribution in [0.4, 0.5) is 0 Å². The standard InChI is InChI=1S/C21H33N5O/c1-5-6-10-25-11-8-7-9-18(25)14-22-21(27)19-12-17-13-23-26(15(2)3)20(17)24-16(19)4/h12-13,15,18H,5-11,14H2,1-4H3,(H,22,27). The number of aryl methyl sites for hydroxylation is 1. The van der Waals surface area contributed by atoms with Gasteiger partial charge in [-0.25, -0.2) is 9.67 Å². The van der Waals surface area contributed by atoms with Crippen molar-refractivity contribution in [2.45, 2.75) is 71.9 Å². The first-order valence-electron chi connectivity index (χ1n) is 10.4. The van der Waals surface area contributed by atoms with E-state index in [0.29, 0.717) is 18.2 Å². The van der Waals surface area contributed by atoms with Gasteiger partial charge in [-0.1, -0.05) is 19.8 Å². The Balaban J connectivity index is 1.69. The number of hydrogen-bond donors (Lipinski definition) is 1. The molecule has 2 aromatic heterocycles. The van der Waals surface area contributed by atoms with E-state index in [0.717, 1.165) is 29.8 Å². The van der Waals surface area contributed by atoms with Gasteiger partial charge in [0.2, 0.25) is 0 Å².